The van der Waals surface area contributed by atoms with Gasteiger partial charge in [0.25, 0.3) is 0 Å². The number of thiazole rings is 1. The molecule has 0 aliphatic carbocycles. The van der Waals surface area contributed by atoms with Gasteiger partial charge < -0.3 is 9.64 Å². The minimum absolute atomic E-state index is 0.131. The summed E-state index contributed by atoms with van der Waals surface area (Å²) in [5, 5.41) is 0.458. The molecule has 0 aliphatic heterocycles. The second kappa shape index (κ2) is 8.89. The van der Waals surface area contributed by atoms with Gasteiger partial charge in [0.15, 0.2) is 15.0 Å². The first-order valence-electron chi connectivity index (χ1n) is 8.98. The van der Waals surface area contributed by atoms with Gasteiger partial charge >= 0.3 is 0 Å². The van der Waals surface area contributed by atoms with Gasteiger partial charge in [0.1, 0.15) is 17.0 Å². The highest BCUT2D eigenvalue weighted by Gasteiger charge is 2.26. The minimum Gasteiger partial charge on any atom is -0.494 e. The lowest BCUT2D eigenvalue weighted by molar-refractivity contribution is -0.116. The Morgan fingerprint density at radius 1 is 1.07 bits per heavy atom. The molecule has 0 radical (unpaired) electrons. The second-order valence-corrected chi connectivity index (χ2v) is 9.72. The van der Waals surface area contributed by atoms with E-state index in [0.717, 1.165) is 4.70 Å². The van der Waals surface area contributed by atoms with Crippen LogP contribution < -0.4 is 9.64 Å². The number of sulfone groups is 1. The van der Waals surface area contributed by atoms with E-state index in [2.05, 4.69) is 4.98 Å². The van der Waals surface area contributed by atoms with Gasteiger partial charge in [0, 0.05) is 13.1 Å². The number of nitrogens with zero attached hydrogens (tertiary/aromatic N) is 3. The van der Waals surface area contributed by atoms with Crippen LogP contribution in [0.1, 0.15) is 0 Å². The largest absolute Gasteiger partial charge is 0.494 e. The molecule has 3 rings (SSSR count). The maximum absolute atomic E-state index is 13.0. The van der Waals surface area contributed by atoms with Gasteiger partial charge in [-0.3, -0.25) is 9.69 Å². The number of amides is 1. The molecule has 0 atom stereocenters. The predicted octanol–water partition coefficient (Wildman–Crippen LogP) is 2.67. The molecule has 3 aromatic rings. The van der Waals surface area contributed by atoms with E-state index in [0.29, 0.717) is 29.5 Å². The van der Waals surface area contributed by atoms with Crippen molar-refractivity contribution >= 4 is 42.4 Å². The number of hydrogen-bond acceptors (Lipinski definition) is 7. The summed E-state index contributed by atoms with van der Waals surface area (Å²) in [6, 6.07) is 13.6. The molecule has 2 aromatic carbocycles. The number of aromatic nitrogens is 1. The Kier molecular flexibility index (Phi) is 6.51. The molecule has 0 saturated heterocycles. The molecule has 1 aromatic heterocycles. The maximum Gasteiger partial charge on any atom is 0.244 e. The molecule has 0 saturated carbocycles. The van der Waals surface area contributed by atoms with Crippen LogP contribution in [0, 0.1) is 0 Å². The molecule has 0 unspecified atom stereocenters. The van der Waals surface area contributed by atoms with Gasteiger partial charge in [-0.05, 0) is 38.4 Å². The Labute approximate surface area is 174 Å². The fourth-order valence-corrected chi connectivity index (χ4v) is 5.02. The molecular formula is C20H23N3O4S2. The number of rotatable bonds is 8. The summed E-state index contributed by atoms with van der Waals surface area (Å²) in [7, 11) is 1.61. The predicted molar refractivity (Wildman–Crippen MR) is 116 cm³/mol. The highest BCUT2D eigenvalue weighted by Crippen LogP contribution is 2.34. The summed E-state index contributed by atoms with van der Waals surface area (Å²) >= 11 is 1.34. The summed E-state index contributed by atoms with van der Waals surface area (Å²) in [6.45, 7) is 0.905. The first-order valence-corrected chi connectivity index (χ1v) is 11.4. The van der Waals surface area contributed by atoms with Gasteiger partial charge in [-0.1, -0.05) is 35.6 Å². The van der Waals surface area contributed by atoms with E-state index in [-0.39, 0.29) is 4.90 Å². The Hall–Kier alpha value is -2.49. The summed E-state index contributed by atoms with van der Waals surface area (Å²) in [5.41, 5.74) is 0.656. The van der Waals surface area contributed by atoms with E-state index < -0.39 is 21.5 Å². The molecule has 9 heteroatoms. The number of carbonyl (C=O) groups excluding carboxylic acids is 1. The van der Waals surface area contributed by atoms with Gasteiger partial charge in [0.05, 0.1) is 16.7 Å². The topological polar surface area (TPSA) is 79.8 Å². The quantitative estimate of drug-likeness (QED) is 0.543. The van der Waals surface area contributed by atoms with E-state index in [4.69, 9.17) is 4.74 Å². The van der Waals surface area contributed by atoms with E-state index in [1.165, 1.54) is 28.4 Å². The molecule has 0 bridgehead atoms. The number of methoxy groups -OCH3 is 1. The molecule has 1 heterocycles. The van der Waals surface area contributed by atoms with Crippen LogP contribution in [0.2, 0.25) is 0 Å². The number of carbonyl (C=O) groups is 1. The third-order valence-electron chi connectivity index (χ3n) is 4.31. The highest BCUT2D eigenvalue weighted by atomic mass is 32.2. The molecule has 29 heavy (non-hydrogen) atoms. The molecule has 1 amide bonds. The van der Waals surface area contributed by atoms with Crippen molar-refractivity contribution in [1.29, 1.82) is 0 Å². The van der Waals surface area contributed by atoms with E-state index in [1.807, 2.05) is 31.1 Å². The Morgan fingerprint density at radius 3 is 2.45 bits per heavy atom. The number of fused-ring (bicyclic) bond motifs is 1. The molecule has 154 valence electrons. The molecule has 0 spiro atoms. The van der Waals surface area contributed by atoms with E-state index in [1.54, 1.807) is 31.4 Å². The number of likely N-dealkylation sites (N-methyl/N-ethyl adjacent to an activating group) is 1. The lowest BCUT2D eigenvalue weighted by Gasteiger charge is -2.22. The zero-order valence-electron chi connectivity index (χ0n) is 16.5. The fraction of sp³-hybridized carbons (Fsp3) is 0.300. The summed E-state index contributed by atoms with van der Waals surface area (Å²) in [6.07, 6.45) is 0. The second-order valence-electron chi connectivity index (χ2n) is 6.72. The highest BCUT2D eigenvalue weighted by molar-refractivity contribution is 7.92. The van der Waals surface area contributed by atoms with Crippen LogP contribution in [0.15, 0.2) is 53.4 Å². The average molecular weight is 434 g/mol. The number of anilines is 1. The number of benzene rings is 2. The lowest BCUT2D eigenvalue weighted by Crippen LogP contribution is -2.40. The number of hydrogen-bond donors (Lipinski definition) is 0. The lowest BCUT2D eigenvalue weighted by atomic mass is 10.3. The molecule has 0 N–H and O–H groups in total. The summed E-state index contributed by atoms with van der Waals surface area (Å²) < 4.78 is 31.6. The van der Waals surface area contributed by atoms with Gasteiger partial charge in [0.2, 0.25) is 5.91 Å². The molecule has 7 nitrogen and oxygen atoms in total. The van der Waals surface area contributed by atoms with Gasteiger partial charge in [-0.15, -0.1) is 0 Å². The van der Waals surface area contributed by atoms with Crippen molar-refractivity contribution in [1.82, 2.24) is 9.88 Å². The van der Waals surface area contributed by atoms with Crippen LogP contribution in [0.5, 0.6) is 5.75 Å². The van der Waals surface area contributed by atoms with E-state index >= 15 is 0 Å². The zero-order chi connectivity index (χ0) is 21.0. The van der Waals surface area contributed by atoms with Crippen LogP contribution in [-0.2, 0) is 14.6 Å². The first-order chi connectivity index (χ1) is 13.8. The monoisotopic (exact) mass is 433 g/mol. The number of ether oxygens (including phenoxy) is 1. The van der Waals surface area contributed by atoms with Crippen LogP contribution in [0.25, 0.3) is 10.2 Å². The average Bonchev–Trinajstić information content (AvgIpc) is 3.12. The smallest absolute Gasteiger partial charge is 0.244 e. The summed E-state index contributed by atoms with van der Waals surface area (Å²) in [4.78, 5) is 21.1. The van der Waals surface area contributed by atoms with Crippen molar-refractivity contribution in [3.63, 3.8) is 0 Å². The summed E-state index contributed by atoms with van der Waals surface area (Å²) in [5.74, 6) is -0.507. The maximum atomic E-state index is 13.0. The fourth-order valence-electron chi connectivity index (χ4n) is 2.77. The SMILES string of the molecule is COc1cccc2sc(N(CCN(C)C)C(=O)CS(=O)(=O)c3ccccc3)nc12. The van der Waals surface area contributed by atoms with Crippen LogP contribution in [0.3, 0.4) is 0 Å². The first kappa shape index (κ1) is 21.2. The van der Waals surface area contributed by atoms with Crippen LogP contribution in [-0.4, -0.2) is 64.3 Å². The standard InChI is InChI=1S/C20H23N3O4S2/c1-22(2)12-13-23(18(24)14-29(25,26)15-8-5-4-6-9-15)20-21-19-16(27-3)10-7-11-17(19)28-20/h4-11H,12-14H2,1-3H3. The van der Waals surface area contributed by atoms with Crippen molar-refractivity contribution < 1.29 is 17.9 Å². The van der Waals surface area contributed by atoms with Gasteiger partial charge in [-0.2, -0.15) is 0 Å². The van der Waals surface area contributed by atoms with Gasteiger partial charge in [-0.25, -0.2) is 13.4 Å². The molecule has 0 fully saturated rings. The minimum atomic E-state index is -3.75. The third kappa shape index (κ3) is 4.92. The zero-order valence-corrected chi connectivity index (χ0v) is 18.2. The normalized spacial score (nSPS) is 11.7. The van der Waals surface area contributed by atoms with Crippen molar-refractivity contribution in [2.75, 3.05) is 44.9 Å². The van der Waals surface area contributed by atoms with Crippen molar-refractivity contribution in [2.45, 2.75) is 4.90 Å². The van der Waals surface area contributed by atoms with Crippen molar-refractivity contribution in [3.05, 3.63) is 48.5 Å². The molecular weight excluding hydrogens is 410 g/mol. The van der Waals surface area contributed by atoms with Crippen molar-refractivity contribution in [2.24, 2.45) is 0 Å². The van der Waals surface area contributed by atoms with Crippen LogP contribution >= 0.6 is 11.3 Å². The Balaban J connectivity index is 1.94. The van der Waals surface area contributed by atoms with E-state index in [9.17, 15) is 13.2 Å². The third-order valence-corrected chi connectivity index (χ3v) is 6.97. The molecule has 0 aliphatic rings. The van der Waals surface area contributed by atoms with Crippen LogP contribution in [0.4, 0.5) is 5.13 Å². The van der Waals surface area contributed by atoms with Crippen molar-refractivity contribution in [3.8, 4) is 5.75 Å². The Morgan fingerprint density at radius 2 is 1.79 bits per heavy atom. The Bertz CT molecular complexity index is 1100. The number of para-hydroxylation sites is 1.